The molecule has 2 rings (SSSR count). The number of nitrogens with one attached hydrogen (secondary N) is 1. The predicted octanol–water partition coefficient (Wildman–Crippen LogP) is 1.12. The van der Waals surface area contributed by atoms with E-state index in [0.717, 1.165) is 42.3 Å². The van der Waals surface area contributed by atoms with Crippen LogP contribution in [0.3, 0.4) is 0 Å². The number of thioether (sulfide) groups is 1. The average Bonchev–Trinajstić information content (AvgIpc) is 2.87. The van der Waals surface area contributed by atoms with E-state index in [2.05, 4.69) is 21.9 Å². The Hall–Kier alpha value is -0.630. The fourth-order valence-electron chi connectivity index (χ4n) is 2.42. The molecule has 1 aromatic rings. The first-order chi connectivity index (χ1) is 10.2. The van der Waals surface area contributed by atoms with Gasteiger partial charge in [0.05, 0.1) is 18.3 Å². The smallest absolute Gasteiger partial charge is 0.234 e. The quantitative estimate of drug-likeness (QED) is 0.785. The Kier molecular flexibility index (Phi) is 6.95. The maximum Gasteiger partial charge on any atom is 0.234 e. The van der Waals surface area contributed by atoms with Gasteiger partial charge >= 0.3 is 0 Å². The molecular weight excluding hydrogens is 306 g/mol. The van der Waals surface area contributed by atoms with Crippen LogP contribution in [0.1, 0.15) is 23.5 Å². The van der Waals surface area contributed by atoms with Gasteiger partial charge in [0.15, 0.2) is 0 Å². The molecule has 0 aromatic carbocycles. The Morgan fingerprint density at radius 1 is 1.67 bits per heavy atom. The third-order valence-electron chi connectivity index (χ3n) is 3.42. The molecule has 0 aliphatic carbocycles. The van der Waals surface area contributed by atoms with E-state index in [1.165, 1.54) is 0 Å². The number of thiazole rings is 1. The minimum Gasteiger partial charge on any atom is -0.392 e. The normalized spacial score (nSPS) is 19.6. The zero-order valence-corrected chi connectivity index (χ0v) is 14.0. The number of hydrogen-bond donors (Lipinski definition) is 2. The van der Waals surface area contributed by atoms with Crippen molar-refractivity contribution < 1.29 is 9.90 Å². The molecule has 21 heavy (non-hydrogen) atoms. The molecule has 1 unspecified atom stereocenters. The van der Waals surface area contributed by atoms with Gasteiger partial charge in [-0.25, -0.2) is 4.98 Å². The summed E-state index contributed by atoms with van der Waals surface area (Å²) in [5, 5.41) is 15.7. The van der Waals surface area contributed by atoms with Crippen LogP contribution in [0, 0.1) is 0 Å². The summed E-state index contributed by atoms with van der Waals surface area (Å²) >= 11 is 3.45. The molecule has 7 heteroatoms. The van der Waals surface area contributed by atoms with E-state index < -0.39 is 0 Å². The highest BCUT2D eigenvalue weighted by Gasteiger charge is 2.19. The van der Waals surface area contributed by atoms with Crippen molar-refractivity contribution >= 4 is 29.0 Å². The van der Waals surface area contributed by atoms with E-state index in [-0.39, 0.29) is 12.0 Å². The number of rotatable bonds is 7. The topological polar surface area (TPSA) is 65.5 Å². The maximum atomic E-state index is 11.9. The summed E-state index contributed by atoms with van der Waals surface area (Å²) in [5.41, 5.74) is 1.05. The van der Waals surface area contributed by atoms with Crippen LogP contribution in [0.25, 0.3) is 0 Å². The molecule has 1 saturated heterocycles. The molecule has 2 N–H and O–H groups in total. The number of carbonyl (C=O) groups is 1. The molecule has 118 valence electrons. The summed E-state index contributed by atoms with van der Waals surface area (Å²) in [5.74, 6) is 0.984. The highest BCUT2D eigenvalue weighted by atomic mass is 32.2. The SMILES string of the molecule is CSCc1nc(CCNC(=O)CN2CCCC(O)C2)cs1. The zero-order chi connectivity index (χ0) is 15.1. The van der Waals surface area contributed by atoms with Crippen molar-refractivity contribution in [3.05, 3.63) is 16.1 Å². The fourth-order valence-corrected chi connectivity index (χ4v) is 3.97. The summed E-state index contributed by atoms with van der Waals surface area (Å²) in [4.78, 5) is 18.4. The van der Waals surface area contributed by atoms with E-state index in [4.69, 9.17) is 0 Å². The van der Waals surface area contributed by atoms with Crippen LogP contribution in [-0.2, 0) is 17.0 Å². The number of likely N-dealkylation sites (tertiary alicyclic amines) is 1. The van der Waals surface area contributed by atoms with Crippen LogP contribution in [0.15, 0.2) is 5.38 Å². The van der Waals surface area contributed by atoms with Crippen molar-refractivity contribution in [2.75, 3.05) is 32.4 Å². The standard InChI is InChI=1S/C14H23N3O2S2/c1-20-10-14-16-11(9-21-14)4-5-15-13(19)8-17-6-2-3-12(18)7-17/h9,12,18H,2-8,10H2,1H3,(H,15,19). The van der Waals surface area contributed by atoms with E-state index >= 15 is 0 Å². The second-order valence-corrected chi connectivity index (χ2v) is 7.11. The minimum atomic E-state index is -0.281. The molecule has 0 saturated carbocycles. The Morgan fingerprint density at radius 2 is 2.52 bits per heavy atom. The Balaban J connectivity index is 1.64. The van der Waals surface area contributed by atoms with Gasteiger partial charge < -0.3 is 10.4 Å². The lowest BCUT2D eigenvalue weighted by atomic mass is 10.1. The van der Waals surface area contributed by atoms with Gasteiger partial charge in [-0.3, -0.25) is 9.69 Å². The van der Waals surface area contributed by atoms with E-state index in [1.54, 1.807) is 23.1 Å². The van der Waals surface area contributed by atoms with Crippen LogP contribution >= 0.6 is 23.1 Å². The minimum absolute atomic E-state index is 0.0312. The average molecular weight is 329 g/mol. The number of aliphatic hydroxyl groups excluding tert-OH is 1. The lowest BCUT2D eigenvalue weighted by Gasteiger charge is -2.29. The van der Waals surface area contributed by atoms with Gasteiger partial charge in [0.2, 0.25) is 5.91 Å². The number of β-amino-alcohol motifs (C(OH)–C–C–N with tert-alkyl or cyclic N) is 1. The molecule has 0 radical (unpaired) electrons. The molecule has 1 atom stereocenters. The van der Waals surface area contributed by atoms with Crippen molar-refractivity contribution in [1.82, 2.24) is 15.2 Å². The number of aromatic nitrogens is 1. The van der Waals surface area contributed by atoms with Gasteiger partial charge in [-0.15, -0.1) is 11.3 Å². The van der Waals surface area contributed by atoms with Crippen molar-refractivity contribution in [2.45, 2.75) is 31.1 Å². The van der Waals surface area contributed by atoms with Gasteiger partial charge in [0, 0.05) is 30.6 Å². The Bertz CT molecular complexity index is 453. The molecule has 1 fully saturated rings. The predicted molar refractivity (Wildman–Crippen MR) is 87.7 cm³/mol. The summed E-state index contributed by atoms with van der Waals surface area (Å²) in [6, 6.07) is 0. The van der Waals surface area contributed by atoms with Gasteiger partial charge in [0.1, 0.15) is 5.01 Å². The zero-order valence-electron chi connectivity index (χ0n) is 12.4. The Labute approximate surface area is 134 Å². The highest BCUT2D eigenvalue weighted by molar-refractivity contribution is 7.97. The van der Waals surface area contributed by atoms with Gasteiger partial charge in [-0.05, 0) is 25.6 Å². The van der Waals surface area contributed by atoms with Crippen molar-refractivity contribution in [3.8, 4) is 0 Å². The van der Waals surface area contributed by atoms with Crippen molar-refractivity contribution in [1.29, 1.82) is 0 Å². The number of carbonyl (C=O) groups excluding carboxylic acids is 1. The number of aliphatic hydroxyl groups is 1. The second kappa shape index (κ2) is 8.73. The molecule has 2 heterocycles. The van der Waals surface area contributed by atoms with E-state index in [9.17, 15) is 9.90 Å². The largest absolute Gasteiger partial charge is 0.392 e. The van der Waals surface area contributed by atoms with Crippen molar-refractivity contribution in [3.63, 3.8) is 0 Å². The maximum absolute atomic E-state index is 11.9. The number of nitrogens with zero attached hydrogens (tertiary/aromatic N) is 2. The molecule has 0 bridgehead atoms. The van der Waals surface area contributed by atoms with E-state index in [0.29, 0.717) is 19.6 Å². The summed E-state index contributed by atoms with van der Waals surface area (Å²) < 4.78 is 0. The van der Waals surface area contributed by atoms with Gasteiger partial charge in [-0.2, -0.15) is 11.8 Å². The lowest BCUT2D eigenvalue weighted by molar-refractivity contribution is -0.122. The first kappa shape index (κ1) is 16.7. The lowest BCUT2D eigenvalue weighted by Crippen LogP contribution is -2.44. The summed E-state index contributed by atoms with van der Waals surface area (Å²) in [6.07, 6.45) is 4.38. The van der Waals surface area contributed by atoms with Crippen LogP contribution in [0.4, 0.5) is 0 Å². The Morgan fingerprint density at radius 3 is 3.29 bits per heavy atom. The van der Waals surface area contributed by atoms with Gasteiger partial charge in [-0.1, -0.05) is 0 Å². The number of piperidine rings is 1. The van der Waals surface area contributed by atoms with E-state index in [1.807, 2.05) is 4.90 Å². The summed E-state index contributed by atoms with van der Waals surface area (Å²) in [6.45, 7) is 2.51. The molecule has 1 aliphatic heterocycles. The molecule has 1 amide bonds. The van der Waals surface area contributed by atoms with Crippen LogP contribution in [0.5, 0.6) is 0 Å². The molecule has 1 aliphatic rings. The molecule has 5 nitrogen and oxygen atoms in total. The monoisotopic (exact) mass is 329 g/mol. The van der Waals surface area contributed by atoms with Crippen molar-refractivity contribution in [2.24, 2.45) is 0 Å². The molecular formula is C14H23N3O2S2. The molecule has 1 aromatic heterocycles. The first-order valence-corrected chi connectivity index (χ1v) is 9.54. The second-order valence-electron chi connectivity index (χ2n) is 5.30. The highest BCUT2D eigenvalue weighted by Crippen LogP contribution is 2.15. The first-order valence-electron chi connectivity index (χ1n) is 7.26. The number of hydrogen-bond acceptors (Lipinski definition) is 6. The third kappa shape index (κ3) is 5.94. The number of amides is 1. The van der Waals surface area contributed by atoms with Crippen LogP contribution in [0.2, 0.25) is 0 Å². The third-order valence-corrected chi connectivity index (χ3v) is 5.06. The van der Waals surface area contributed by atoms with Gasteiger partial charge in [0.25, 0.3) is 0 Å². The fraction of sp³-hybridized carbons (Fsp3) is 0.714. The summed E-state index contributed by atoms with van der Waals surface area (Å²) in [7, 11) is 0. The van der Waals surface area contributed by atoms with Crippen LogP contribution in [-0.4, -0.2) is 59.4 Å². The molecule has 0 spiro atoms. The van der Waals surface area contributed by atoms with Crippen LogP contribution < -0.4 is 5.32 Å².